The highest BCUT2D eigenvalue weighted by Crippen LogP contribution is 2.34. The lowest BCUT2D eigenvalue weighted by Crippen LogP contribution is -2.29. The molecule has 4 aromatic rings. The number of esters is 1. The Kier molecular flexibility index (Phi) is 8.89. The van der Waals surface area contributed by atoms with Crippen LogP contribution in [0.15, 0.2) is 133 Å². The van der Waals surface area contributed by atoms with E-state index in [1.54, 1.807) is 36.4 Å². The number of carbonyl (C=O) groups excluding carboxylic acids is 2. The topological polar surface area (TPSA) is 71.4 Å². The van der Waals surface area contributed by atoms with E-state index >= 15 is 0 Å². The number of nitrogens with zero attached hydrogens (tertiary/aromatic N) is 3. The zero-order valence-corrected chi connectivity index (χ0v) is 23.4. The number of hydrogen-bond acceptors (Lipinski definition) is 6. The first-order valence-corrected chi connectivity index (χ1v) is 13.8. The van der Waals surface area contributed by atoms with Crippen molar-refractivity contribution in [1.29, 1.82) is 0 Å². The molecular weight excluding hydrogens is 526 g/mol. The van der Waals surface area contributed by atoms with Crippen molar-refractivity contribution in [3.05, 3.63) is 139 Å². The van der Waals surface area contributed by atoms with Gasteiger partial charge in [-0.15, -0.1) is 6.58 Å². The molecule has 0 atom stereocenters. The van der Waals surface area contributed by atoms with Crippen LogP contribution in [0.1, 0.15) is 29.3 Å². The molecule has 0 aromatic heterocycles. The van der Waals surface area contributed by atoms with E-state index in [4.69, 9.17) is 9.47 Å². The van der Waals surface area contributed by atoms with Crippen LogP contribution in [0.25, 0.3) is 6.08 Å². The van der Waals surface area contributed by atoms with Crippen molar-refractivity contribution in [2.75, 3.05) is 18.1 Å². The number of likely N-dealkylation sites (N-methyl/N-ethyl adjacent to an activating group) is 1. The number of para-hydroxylation sites is 3. The van der Waals surface area contributed by atoms with E-state index in [1.807, 2.05) is 67.6 Å². The first-order valence-electron chi connectivity index (χ1n) is 13.8. The van der Waals surface area contributed by atoms with Crippen LogP contribution in [-0.2, 0) is 14.3 Å². The smallest absolute Gasteiger partial charge is 0.340 e. The Hall–Kier alpha value is -5.43. The van der Waals surface area contributed by atoms with Gasteiger partial charge < -0.3 is 14.4 Å². The monoisotopic (exact) mass is 557 g/mol. The lowest BCUT2D eigenvalue weighted by Gasteiger charge is -2.25. The van der Waals surface area contributed by atoms with Crippen molar-refractivity contribution in [3.63, 3.8) is 0 Å². The number of benzene rings is 4. The van der Waals surface area contributed by atoms with E-state index in [0.29, 0.717) is 18.7 Å². The highest BCUT2D eigenvalue weighted by atomic mass is 16.5. The quantitative estimate of drug-likeness (QED) is 0.0861. The zero-order chi connectivity index (χ0) is 29.3. The summed E-state index contributed by atoms with van der Waals surface area (Å²) in [6, 6.07) is 35.1. The minimum atomic E-state index is -0.500. The fourth-order valence-corrected chi connectivity index (χ4v) is 4.50. The molecule has 1 fully saturated rings. The van der Waals surface area contributed by atoms with Crippen molar-refractivity contribution in [1.82, 2.24) is 4.90 Å². The molecular formula is C35H31N3O4. The van der Waals surface area contributed by atoms with E-state index in [1.165, 1.54) is 4.90 Å². The standard InChI is InChI=1S/C35H31N3O4/c1-3-5-24-41-34(40)30-18-12-13-19-31(30)36-35-37(4-2)33(39)32(42-35)25-26-20-22-29(23-21-26)38(27-14-8-6-9-15-27)28-16-10-7-11-17-28/h3,6-23,25H,1,4-5,24H2,2H3/b32-25+,36-35?. The average molecular weight is 558 g/mol. The van der Waals surface area contributed by atoms with Gasteiger partial charge in [-0.3, -0.25) is 9.69 Å². The summed E-state index contributed by atoms with van der Waals surface area (Å²) in [5, 5.41) is 0. The molecule has 1 amide bonds. The second-order valence-electron chi connectivity index (χ2n) is 9.38. The Bertz CT molecular complexity index is 1570. The number of amidine groups is 1. The largest absolute Gasteiger partial charge is 0.462 e. The first kappa shape index (κ1) is 28.1. The van der Waals surface area contributed by atoms with Crippen LogP contribution >= 0.6 is 0 Å². The fourth-order valence-electron chi connectivity index (χ4n) is 4.50. The molecule has 0 bridgehead atoms. The van der Waals surface area contributed by atoms with Crippen molar-refractivity contribution in [3.8, 4) is 0 Å². The predicted molar refractivity (Wildman–Crippen MR) is 166 cm³/mol. The van der Waals surface area contributed by atoms with Gasteiger partial charge in [0.05, 0.1) is 17.9 Å². The van der Waals surface area contributed by atoms with Crippen LogP contribution in [0, 0.1) is 0 Å². The lowest BCUT2D eigenvalue weighted by molar-refractivity contribution is -0.122. The Labute approximate surface area is 245 Å². The number of aliphatic imine (C=N–C) groups is 1. The molecule has 1 heterocycles. The van der Waals surface area contributed by atoms with Gasteiger partial charge in [-0.1, -0.05) is 66.7 Å². The molecule has 0 spiro atoms. The van der Waals surface area contributed by atoms with Gasteiger partial charge in [0.2, 0.25) is 0 Å². The van der Waals surface area contributed by atoms with Crippen molar-refractivity contribution in [2.24, 2.45) is 4.99 Å². The molecule has 5 rings (SSSR count). The molecule has 42 heavy (non-hydrogen) atoms. The summed E-state index contributed by atoms with van der Waals surface area (Å²) in [6.45, 7) is 6.06. The Balaban J connectivity index is 1.41. The molecule has 0 radical (unpaired) electrons. The van der Waals surface area contributed by atoms with Crippen LogP contribution in [-0.4, -0.2) is 35.9 Å². The lowest BCUT2D eigenvalue weighted by atomic mass is 10.1. The highest BCUT2D eigenvalue weighted by molar-refractivity contribution is 6.12. The van der Waals surface area contributed by atoms with Crippen LogP contribution in [0.4, 0.5) is 22.7 Å². The number of hydrogen-bond donors (Lipinski definition) is 0. The van der Waals surface area contributed by atoms with Crippen LogP contribution in [0.5, 0.6) is 0 Å². The molecule has 1 aliphatic rings. The second-order valence-corrected chi connectivity index (χ2v) is 9.38. The second kappa shape index (κ2) is 13.3. The zero-order valence-electron chi connectivity index (χ0n) is 23.4. The number of amides is 1. The van der Waals surface area contributed by atoms with Crippen molar-refractivity contribution in [2.45, 2.75) is 13.3 Å². The number of ether oxygens (including phenoxy) is 2. The van der Waals surface area contributed by atoms with Crippen LogP contribution in [0.2, 0.25) is 0 Å². The van der Waals surface area contributed by atoms with Gasteiger partial charge in [-0.05, 0) is 73.5 Å². The molecule has 210 valence electrons. The maximum Gasteiger partial charge on any atom is 0.340 e. The van der Waals surface area contributed by atoms with Gasteiger partial charge in [0.25, 0.3) is 5.91 Å². The van der Waals surface area contributed by atoms with Gasteiger partial charge in [0.15, 0.2) is 5.76 Å². The van der Waals surface area contributed by atoms with Crippen LogP contribution < -0.4 is 4.90 Å². The maximum absolute atomic E-state index is 13.2. The normalized spacial score (nSPS) is 14.6. The Morgan fingerprint density at radius 3 is 2.10 bits per heavy atom. The number of anilines is 3. The van der Waals surface area contributed by atoms with Gasteiger partial charge >= 0.3 is 12.0 Å². The number of rotatable bonds is 10. The van der Waals surface area contributed by atoms with E-state index < -0.39 is 5.97 Å². The molecule has 0 unspecified atom stereocenters. The third kappa shape index (κ3) is 6.31. The predicted octanol–water partition coefficient (Wildman–Crippen LogP) is 7.80. The maximum atomic E-state index is 13.2. The van der Waals surface area contributed by atoms with Gasteiger partial charge in [0, 0.05) is 23.6 Å². The molecule has 7 nitrogen and oxygen atoms in total. The molecule has 0 saturated carbocycles. The molecule has 1 aliphatic heterocycles. The SMILES string of the molecule is C=CCCOC(=O)c1ccccc1N=C1O/C(=C/c2ccc(N(c3ccccc3)c3ccccc3)cc2)C(=O)N1CC. The van der Waals surface area contributed by atoms with E-state index in [9.17, 15) is 9.59 Å². The summed E-state index contributed by atoms with van der Waals surface area (Å²) in [6.07, 6.45) is 3.93. The van der Waals surface area contributed by atoms with Crippen LogP contribution in [0.3, 0.4) is 0 Å². The fraction of sp³-hybridized carbons (Fsp3) is 0.114. The molecule has 0 N–H and O–H groups in total. The average Bonchev–Trinajstić information content (AvgIpc) is 3.32. The third-order valence-electron chi connectivity index (χ3n) is 6.58. The number of carbonyl (C=O) groups is 2. The summed E-state index contributed by atoms with van der Waals surface area (Å²) < 4.78 is 11.3. The minimum absolute atomic E-state index is 0.107. The van der Waals surface area contributed by atoms with Crippen molar-refractivity contribution < 1.29 is 19.1 Å². The highest BCUT2D eigenvalue weighted by Gasteiger charge is 2.34. The molecule has 1 saturated heterocycles. The summed E-state index contributed by atoms with van der Waals surface area (Å²) in [7, 11) is 0. The summed E-state index contributed by atoms with van der Waals surface area (Å²) in [4.78, 5) is 34.0. The summed E-state index contributed by atoms with van der Waals surface area (Å²) >= 11 is 0. The minimum Gasteiger partial charge on any atom is -0.462 e. The Morgan fingerprint density at radius 2 is 1.48 bits per heavy atom. The van der Waals surface area contributed by atoms with Gasteiger partial charge in [-0.25, -0.2) is 4.79 Å². The Morgan fingerprint density at radius 1 is 0.881 bits per heavy atom. The summed E-state index contributed by atoms with van der Waals surface area (Å²) in [5.41, 5.74) is 4.49. The van der Waals surface area contributed by atoms with E-state index in [0.717, 1.165) is 22.6 Å². The van der Waals surface area contributed by atoms with E-state index in [-0.39, 0.29) is 29.9 Å². The molecule has 0 aliphatic carbocycles. The summed E-state index contributed by atoms with van der Waals surface area (Å²) in [5.74, 6) is -0.654. The van der Waals surface area contributed by atoms with Crippen molar-refractivity contribution >= 4 is 46.7 Å². The molecule has 4 aromatic carbocycles. The first-order chi connectivity index (χ1) is 20.6. The third-order valence-corrected chi connectivity index (χ3v) is 6.58. The van der Waals surface area contributed by atoms with Gasteiger partial charge in [-0.2, -0.15) is 4.99 Å². The molecule has 7 heteroatoms. The van der Waals surface area contributed by atoms with E-state index in [2.05, 4.69) is 40.7 Å². The van der Waals surface area contributed by atoms with Gasteiger partial charge in [0.1, 0.15) is 0 Å².